The van der Waals surface area contributed by atoms with Gasteiger partial charge in [-0.25, -0.2) is 14.5 Å². The topological polar surface area (TPSA) is 80.6 Å². The predicted octanol–water partition coefficient (Wildman–Crippen LogP) is 4.45. The van der Waals surface area contributed by atoms with Crippen LogP contribution >= 0.6 is 11.6 Å². The first kappa shape index (κ1) is 22.9. The zero-order chi connectivity index (χ0) is 23.5. The molecule has 0 unspecified atom stereocenters. The van der Waals surface area contributed by atoms with Crippen molar-refractivity contribution in [2.45, 2.75) is 19.9 Å². The van der Waals surface area contributed by atoms with Crippen molar-refractivity contribution in [2.24, 2.45) is 0 Å². The number of halogens is 3. The molecule has 174 valence electrons. The maximum absolute atomic E-state index is 13.0. The third kappa shape index (κ3) is 4.90. The molecule has 3 aromatic rings. The van der Waals surface area contributed by atoms with Gasteiger partial charge >= 0.3 is 12.6 Å². The number of aromatic nitrogens is 3. The number of carbonyl (C=O) groups excluding carboxylic acids is 2. The van der Waals surface area contributed by atoms with Crippen molar-refractivity contribution in [3.63, 3.8) is 0 Å². The minimum absolute atomic E-state index is 0.188. The molecule has 0 radical (unpaired) electrons. The summed E-state index contributed by atoms with van der Waals surface area (Å²) in [4.78, 5) is 32.8. The number of ether oxygens (including phenoxy) is 1. The van der Waals surface area contributed by atoms with Gasteiger partial charge in [0.1, 0.15) is 0 Å². The van der Waals surface area contributed by atoms with E-state index in [1.165, 1.54) is 12.4 Å². The number of pyridine rings is 1. The fraction of sp³-hybridized carbons (Fsp3) is 0.364. The Kier molecular flexibility index (Phi) is 6.73. The molecule has 1 aliphatic heterocycles. The van der Waals surface area contributed by atoms with Crippen LogP contribution in [-0.4, -0.2) is 69.4 Å². The Hall–Kier alpha value is -3.27. The number of fused-ring (bicyclic) bond motifs is 1. The van der Waals surface area contributed by atoms with Crippen molar-refractivity contribution < 1.29 is 23.1 Å². The summed E-state index contributed by atoms with van der Waals surface area (Å²) in [5.74, 6) is -0.188. The highest BCUT2D eigenvalue weighted by atomic mass is 35.5. The average molecular weight is 478 g/mol. The standard InChI is InChI=1S/C22H22ClF2N5O3/c1-2-9-33-22(32)29-7-5-28(6-8-29)20(31)14-3-4-16-17(23)11-18(27-19(16)10-14)15-12-26-30(13-15)21(24)25/h3-4,10-13,21H,2,5-9H2,1H3. The van der Waals surface area contributed by atoms with Crippen LogP contribution in [0.2, 0.25) is 5.02 Å². The molecule has 2 aromatic heterocycles. The molecule has 0 N–H and O–H groups in total. The zero-order valence-corrected chi connectivity index (χ0v) is 18.6. The van der Waals surface area contributed by atoms with E-state index in [2.05, 4.69) is 10.1 Å². The van der Waals surface area contributed by atoms with E-state index in [9.17, 15) is 18.4 Å². The largest absolute Gasteiger partial charge is 0.449 e. The van der Waals surface area contributed by atoms with Gasteiger partial charge in [-0.1, -0.05) is 24.6 Å². The van der Waals surface area contributed by atoms with Crippen LogP contribution in [-0.2, 0) is 4.74 Å². The fourth-order valence-electron chi connectivity index (χ4n) is 3.60. The zero-order valence-electron chi connectivity index (χ0n) is 17.9. The van der Waals surface area contributed by atoms with Crippen molar-refractivity contribution in [3.05, 3.63) is 47.2 Å². The van der Waals surface area contributed by atoms with Crippen molar-refractivity contribution in [3.8, 4) is 11.3 Å². The SMILES string of the molecule is CCCOC(=O)N1CCN(C(=O)c2ccc3c(Cl)cc(-c4cnn(C(F)F)c4)nc3c2)CC1. The number of rotatable bonds is 5. The first-order valence-corrected chi connectivity index (χ1v) is 10.9. The summed E-state index contributed by atoms with van der Waals surface area (Å²) < 4.78 is 31.4. The number of piperazine rings is 1. The predicted molar refractivity (Wildman–Crippen MR) is 118 cm³/mol. The monoisotopic (exact) mass is 477 g/mol. The summed E-state index contributed by atoms with van der Waals surface area (Å²) in [5.41, 5.74) is 1.66. The van der Waals surface area contributed by atoms with Gasteiger partial charge in [0.05, 0.1) is 29.0 Å². The van der Waals surface area contributed by atoms with Crippen LogP contribution in [0.1, 0.15) is 30.3 Å². The second kappa shape index (κ2) is 9.70. The lowest BCUT2D eigenvalue weighted by Gasteiger charge is -2.34. The lowest BCUT2D eigenvalue weighted by molar-refractivity contribution is 0.0560. The lowest BCUT2D eigenvalue weighted by Crippen LogP contribution is -2.50. The highest BCUT2D eigenvalue weighted by molar-refractivity contribution is 6.35. The number of nitrogens with zero attached hydrogens (tertiary/aromatic N) is 5. The first-order valence-electron chi connectivity index (χ1n) is 10.5. The van der Waals surface area contributed by atoms with Crippen LogP contribution < -0.4 is 0 Å². The Labute approximate surface area is 193 Å². The Morgan fingerprint density at radius 1 is 1.15 bits per heavy atom. The van der Waals surface area contributed by atoms with Crippen LogP contribution in [0.3, 0.4) is 0 Å². The van der Waals surface area contributed by atoms with E-state index in [-0.39, 0.29) is 12.0 Å². The molecule has 0 bridgehead atoms. The van der Waals surface area contributed by atoms with E-state index >= 15 is 0 Å². The normalized spacial score (nSPS) is 14.2. The smallest absolute Gasteiger partial charge is 0.409 e. The van der Waals surface area contributed by atoms with Crippen molar-refractivity contribution in [2.75, 3.05) is 32.8 Å². The van der Waals surface area contributed by atoms with E-state index in [0.717, 1.165) is 6.42 Å². The average Bonchev–Trinajstić information content (AvgIpc) is 3.32. The number of carbonyl (C=O) groups is 2. The third-order valence-electron chi connectivity index (χ3n) is 5.36. The quantitative estimate of drug-likeness (QED) is 0.542. The van der Waals surface area contributed by atoms with Crippen molar-refractivity contribution in [1.29, 1.82) is 0 Å². The molecule has 4 rings (SSSR count). The van der Waals surface area contributed by atoms with Gasteiger partial charge in [0.25, 0.3) is 5.91 Å². The van der Waals surface area contributed by atoms with Crippen molar-refractivity contribution in [1.82, 2.24) is 24.6 Å². The van der Waals surface area contributed by atoms with Crippen LogP contribution in [0.25, 0.3) is 22.2 Å². The van der Waals surface area contributed by atoms with Gasteiger partial charge in [0.2, 0.25) is 0 Å². The number of hydrogen-bond donors (Lipinski definition) is 0. The van der Waals surface area contributed by atoms with Gasteiger partial charge < -0.3 is 14.5 Å². The van der Waals surface area contributed by atoms with E-state index in [4.69, 9.17) is 16.3 Å². The number of alkyl halides is 2. The summed E-state index contributed by atoms with van der Waals surface area (Å²) in [6.07, 6.45) is 2.86. The molecular formula is C22H22ClF2N5O3. The van der Waals surface area contributed by atoms with Gasteiger partial charge in [0.15, 0.2) is 0 Å². The molecule has 1 aromatic carbocycles. The number of amides is 2. The minimum Gasteiger partial charge on any atom is -0.449 e. The second-order valence-electron chi connectivity index (χ2n) is 7.60. The van der Waals surface area contributed by atoms with Crippen LogP contribution in [0.15, 0.2) is 36.7 Å². The highest BCUT2D eigenvalue weighted by Crippen LogP contribution is 2.29. The Balaban J connectivity index is 1.52. The number of hydrogen-bond acceptors (Lipinski definition) is 5. The molecule has 0 spiro atoms. The minimum atomic E-state index is -2.76. The molecule has 1 fully saturated rings. The maximum atomic E-state index is 13.0. The highest BCUT2D eigenvalue weighted by Gasteiger charge is 2.26. The molecule has 0 saturated carbocycles. The van der Waals surface area contributed by atoms with E-state index < -0.39 is 6.55 Å². The Bertz CT molecular complexity index is 1180. The molecule has 1 saturated heterocycles. The molecule has 8 nitrogen and oxygen atoms in total. The van der Waals surface area contributed by atoms with E-state index in [1.54, 1.807) is 34.1 Å². The fourth-order valence-corrected chi connectivity index (χ4v) is 3.86. The first-order chi connectivity index (χ1) is 15.9. The van der Waals surface area contributed by atoms with E-state index in [1.807, 2.05) is 6.92 Å². The molecule has 33 heavy (non-hydrogen) atoms. The van der Waals surface area contributed by atoms with Crippen LogP contribution in [0.4, 0.5) is 13.6 Å². The van der Waals surface area contributed by atoms with E-state index in [0.29, 0.717) is 70.2 Å². The summed E-state index contributed by atoms with van der Waals surface area (Å²) in [6, 6.07) is 6.60. The molecule has 0 aliphatic carbocycles. The Morgan fingerprint density at radius 3 is 2.55 bits per heavy atom. The van der Waals surface area contributed by atoms with Gasteiger partial charge in [-0.15, -0.1) is 0 Å². The van der Waals surface area contributed by atoms with Gasteiger partial charge in [-0.3, -0.25) is 4.79 Å². The third-order valence-corrected chi connectivity index (χ3v) is 5.67. The summed E-state index contributed by atoms with van der Waals surface area (Å²) in [6.45, 7) is 1.10. The van der Waals surface area contributed by atoms with Crippen molar-refractivity contribution >= 4 is 34.5 Å². The second-order valence-corrected chi connectivity index (χ2v) is 8.01. The summed E-state index contributed by atoms with van der Waals surface area (Å²) in [7, 11) is 0. The van der Waals surface area contributed by atoms with Gasteiger partial charge in [0, 0.05) is 48.9 Å². The summed E-state index contributed by atoms with van der Waals surface area (Å²) in [5, 5.41) is 4.66. The molecular weight excluding hydrogens is 456 g/mol. The molecule has 3 heterocycles. The Morgan fingerprint density at radius 2 is 1.88 bits per heavy atom. The molecule has 0 atom stereocenters. The molecule has 2 amide bonds. The lowest BCUT2D eigenvalue weighted by atomic mass is 10.1. The number of benzene rings is 1. The van der Waals surface area contributed by atoms with Crippen LogP contribution in [0.5, 0.6) is 0 Å². The maximum Gasteiger partial charge on any atom is 0.409 e. The van der Waals surface area contributed by atoms with Gasteiger partial charge in [-0.05, 0) is 24.6 Å². The van der Waals surface area contributed by atoms with Gasteiger partial charge in [-0.2, -0.15) is 13.9 Å². The van der Waals surface area contributed by atoms with Crippen LogP contribution in [0, 0.1) is 0 Å². The molecule has 11 heteroatoms. The summed E-state index contributed by atoms with van der Waals surface area (Å²) >= 11 is 6.38. The molecule has 1 aliphatic rings.